The molecule has 0 atom stereocenters. The number of H-pyrrole nitrogens is 1. The van der Waals surface area contributed by atoms with Crippen molar-refractivity contribution in [1.29, 1.82) is 0 Å². The Morgan fingerprint density at radius 1 is 1.28 bits per heavy atom. The summed E-state index contributed by atoms with van der Waals surface area (Å²) in [5.74, 6) is 0. The second kappa shape index (κ2) is 5.31. The molecule has 2 aromatic rings. The lowest BCUT2D eigenvalue weighted by Gasteiger charge is -2.00. The minimum absolute atomic E-state index is 0.195. The number of hydrogen-bond donors (Lipinski definition) is 1. The Kier molecular flexibility index (Phi) is 3.57. The molecule has 92 valence electrons. The summed E-state index contributed by atoms with van der Waals surface area (Å²) in [7, 11) is 0. The molecule has 0 aliphatic rings. The van der Waals surface area contributed by atoms with Crippen LogP contribution in [0.4, 0.5) is 0 Å². The standard InChI is InChI=1S/C14H14N2O2/c1-2-3-9-13-12(10-17)14(18)16(15-13)11-7-5-4-6-8-11/h2,4-8,10,15H,1,3,9H2. The largest absolute Gasteiger partial charge is 0.298 e. The number of benzene rings is 1. The van der Waals surface area contributed by atoms with Crippen LogP contribution in [0, 0.1) is 0 Å². The van der Waals surface area contributed by atoms with E-state index in [1.165, 1.54) is 4.68 Å². The van der Waals surface area contributed by atoms with Crippen LogP contribution in [0.5, 0.6) is 0 Å². The molecular formula is C14H14N2O2. The lowest BCUT2D eigenvalue weighted by molar-refractivity contribution is 0.112. The van der Waals surface area contributed by atoms with Crippen LogP contribution in [-0.4, -0.2) is 16.1 Å². The highest BCUT2D eigenvalue weighted by Crippen LogP contribution is 2.08. The van der Waals surface area contributed by atoms with Crippen LogP contribution in [0.1, 0.15) is 22.5 Å². The minimum atomic E-state index is -0.310. The molecule has 0 radical (unpaired) electrons. The van der Waals surface area contributed by atoms with Gasteiger partial charge in [0.05, 0.1) is 5.69 Å². The molecule has 4 nitrogen and oxygen atoms in total. The number of aldehydes is 1. The summed E-state index contributed by atoms with van der Waals surface area (Å²) in [4.78, 5) is 23.1. The topological polar surface area (TPSA) is 54.9 Å². The van der Waals surface area contributed by atoms with Gasteiger partial charge in [-0.3, -0.25) is 14.7 Å². The van der Waals surface area contributed by atoms with E-state index in [0.29, 0.717) is 18.4 Å². The van der Waals surface area contributed by atoms with Crippen LogP contribution in [-0.2, 0) is 6.42 Å². The van der Waals surface area contributed by atoms with Crippen molar-refractivity contribution in [1.82, 2.24) is 9.78 Å². The van der Waals surface area contributed by atoms with E-state index in [1.54, 1.807) is 6.08 Å². The Hall–Kier alpha value is -2.36. The number of nitrogens with zero attached hydrogens (tertiary/aromatic N) is 1. The zero-order chi connectivity index (χ0) is 13.0. The molecule has 1 N–H and O–H groups in total. The molecule has 1 aromatic carbocycles. The van der Waals surface area contributed by atoms with Crippen LogP contribution < -0.4 is 5.56 Å². The van der Waals surface area contributed by atoms with Crippen molar-refractivity contribution in [3.8, 4) is 5.69 Å². The van der Waals surface area contributed by atoms with Crippen molar-refractivity contribution in [2.24, 2.45) is 0 Å². The Balaban J connectivity index is 2.50. The van der Waals surface area contributed by atoms with Gasteiger partial charge in [-0.05, 0) is 25.0 Å². The number of aryl methyl sites for hydroxylation is 1. The second-order valence-electron chi connectivity index (χ2n) is 3.93. The van der Waals surface area contributed by atoms with Crippen LogP contribution in [0.2, 0.25) is 0 Å². The third-order valence-electron chi connectivity index (χ3n) is 2.74. The predicted octanol–water partition coefficient (Wildman–Crippen LogP) is 2.10. The number of carbonyl (C=O) groups is 1. The molecule has 2 rings (SSSR count). The summed E-state index contributed by atoms with van der Waals surface area (Å²) in [6.07, 6.45) is 3.69. The number of rotatable bonds is 5. The first kappa shape index (κ1) is 12.1. The van der Waals surface area contributed by atoms with Gasteiger partial charge in [-0.2, -0.15) is 0 Å². The molecule has 4 heteroatoms. The molecule has 1 aromatic heterocycles. The van der Waals surface area contributed by atoms with E-state index < -0.39 is 0 Å². The van der Waals surface area contributed by atoms with Crippen molar-refractivity contribution < 1.29 is 4.79 Å². The SMILES string of the molecule is C=CCCc1[nH]n(-c2ccccc2)c(=O)c1C=O. The average molecular weight is 242 g/mol. The van der Waals surface area contributed by atoms with E-state index in [4.69, 9.17) is 0 Å². The number of allylic oxidation sites excluding steroid dienone is 1. The number of para-hydroxylation sites is 1. The maximum absolute atomic E-state index is 12.1. The first-order chi connectivity index (χ1) is 8.77. The van der Waals surface area contributed by atoms with Crippen molar-refractivity contribution in [3.05, 3.63) is 64.6 Å². The Morgan fingerprint density at radius 3 is 2.61 bits per heavy atom. The van der Waals surface area contributed by atoms with Gasteiger partial charge in [-0.25, -0.2) is 4.68 Å². The average Bonchev–Trinajstić information content (AvgIpc) is 2.73. The molecule has 0 amide bonds. The minimum Gasteiger partial charge on any atom is -0.298 e. The van der Waals surface area contributed by atoms with Crippen molar-refractivity contribution in [2.75, 3.05) is 0 Å². The van der Waals surface area contributed by atoms with E-state index in [1.807, 2.05) is 30.3 Å². The summed E-state index contributed by atoms with van der Waals surface area (Å²) < 4.78 is 1.39. The van der Waals surface area contributed by atoms with Crippen molar-refractivity contribution >= 4 is 6.29 Å². The quantitative estimate of drug-likeness (QED) is 0.644. The highest BCUT2D eigenvalue weighted by molar-refractivity contribution is 5.76. The van der Waals surface area contributed by atoms with Crippen LogP contribution in [0.15, 0.2) is 47.8 Å². The fraction of sp³-hybridized carbons (Fsp3) is 0.143. The summed E-state index contributed by atoms with van der Waals surface area (Å²) in [6, 6.07) is 9.17. The summed E-state index contributed by atoms with van der Waals surface area (Å²) in [6.45, 7) is 3.63. The molecule has 18 heavy (non-hydrogen) atoms. The van der Waals surface area contributed by atoms with Gasteiger partial charge in [0.15, 0.2) is 6.29 Å². The number of carbonyl (C=O) groups excluding carboxylic acids is 1. The lowest BCUT2D eigenvalue weighted by Crippen LogP contribution is -2.16. The normalized spacial score (nSPS) is 10.2. The Bertz CT molecular complexity index is 608. The molecule has 0 saturated heterocycles. The fourth-order valence-electron chi connectivity index (χ4n) is 1.81. The van der Waals surface area contributed by atoms with E-state index >= 15 is 0 Å². The van der Waals surface area contributed by atoms with E-state index in [2.05, 4.69) is 11.7 Å². The zero-order valence-electron chi connectivity index (χ0n) is 9.93. The monoisotopic (exact) mass is 242 g/mol. The molecule has 0 bridgehead atoms. The molecule has 0 aliphatic carbocycles. The predicted molar refractivity (Wildman–Crippen MR) is 70.3 cm³/mol. The summed E-state index contributed by atoms with van der Waals surface area (Å²) >= 11 is 0. The van der Waals surface area contributed by atoms with E-state index in [9.17, 15) is 9.59 Å². The van der Waals surface area contributed by atoms with Gasteiger partial charge in [-0.15, -0.1) is 6.58 Å². The van der Waals surface area contributed by atoms with Gasteiger partial charge < -0.3 is 0 Å². The van der Waals surface area contributed by atoms with Crippen molar-refractivity contribution in [2.45, 2.75) is 12.8 Å². The van der Waals surface area contributed by atoms with Crippen molar-refractivity contribution in [3.63, 3.8) is 0 Å². The Labute approximate surface area is 105 Å². The van der Waals surface area contributed by atoms with Crippen LogP contribution in [0.25, 0.3) is 5.69 Å². The van der Waals surface area contributed by atoms with Gasteiger partial charge in [-0.1, -0.05) is 24.3 Å². The highest BCUT2D eigenvalue weighted by Gasteiger charge is 2.13. The summed E-state index contributed by atoms with van der Waals surface area (Å²) in [5, 5.41) is 2.98. The van der Waals surface area contributed by atoms with Gasteiger partial charge in [0.1, 0.15) is 5.56 Å². The van der Waals surface area contributed by atoms with Gasteiger partial charge in [0.25, 0.3) is 5.56 Å². The van der Waals surface area contributed by atoms with Gasteiger partial charge >= 0.3 is 0 Å². The molecule has 0 fully saturated rings. The van der Waals surface area contributed by atoms with E-state index in [0.717, 1.165) is 12.1 Å². The zero-order valence-corrected chi connectivity index (χ0v) is 9.93. The number of nitrogens with one attached hydrogen (secondary N) is 1. The number of aromatic amines is 1. The van der Waals surface area contributed by atoms with Crippen LogP contribution in [0.3, 0.4) is 0 Å². The molecule has 0 unspecified atom stereocenters. The Morgan fingerprint density at radius 2 is 2.00 bits per heavy atom. The molecular weight excluding hydrogens is 228 g/mol. The molecule has 0 aliphatic heterocycles. The maximum Gasteiger partial charge on any atom is 0.282 e. The smallest absolute Gasteiger partial charge is 0.282 e. The number of hydrogen-bond acceptors (Lipinski definition) is 2. The van der Waals surface area contributed by atoms with E-state index in [-0.39, 0.29) is 11.1 Å². The number of aromatic nitrogens is 2. The lowest BCUT2D eigenvalue weighted by atomic mass is 10.2. The molecule has 1 heterocycles. The summed E-state index contributed by atoms with van der Waals surface area (Å²) in [5.41, 5.74) is 1.25. The molecule has 0 saturated carbocycles. The first-order valence-electron chi connectivity index (χ1n) is 5.73. The molecule has 0 spiro atoms. The second-order valence-corrected chi connectivity index (χ2v) is 3.93. The van der Waals surface area contributed by atoms with Gasteiger partial charge in [0.2, 0.25) is 0 Å². The highest BCUT2D eigenvalue weighted by atomic mass is 16.1. The third kappa shape index (κ3) is 2.18. The maximum atomic E-state index is 12.1. The van der Waals surface area contributed by atoms with Gasteiger partial charge in [0, 0.05) is 5.69 Å². The van der Waals surface area contributed by atoms with Crippen LogP contribution >= 0.6 is 0 Å². The first-order valence-corrected chi connectivity index (χ1v) is 5.73. The third-order valence-corrected chi connectivity index (χ3v) is 2.74. The fourth-order valence-corrected chi connectivity index (χ4v) is 1.81.